The van der Waals surface area contributed by atoms with E-state index in [4.69, 9.17) is 4.74 Å². The zero-order valence-corrected chi connectivity index (χ0v) is 14.8. The number of piperazine rings is 1. The smallest absolute Gasteiger partial charge is 0.255 e. The second-order valence-corrected chi connectivity index (χ2v) is 6.75. The average Bonchev–Trinajstić information content (AvgIpc) is 2.64. The Labute approximate surface area is 148 Å². The highest BCUT2D eigenvalue weighted by Gasteiger charge is 2.43. The SMILES string of the molecule is COCCN1CCC[C@@](O)(CN2CCN(c3cnccn3)CC2)C1=O. The fourth-order valence-corrected chi connectivity index (χ4v) is 3.59. The number of amides is 1. The number of β-amino-alcohol motifs (C(OH)–C–C–N with tert-alkyl or cyclic N) is 1. The summed E-state index contributed by atoms with van der Waals surface area (Å²) in [6.45, 7) is 5.35. The number of piperidine rings is 1. The van der Waals surface area contributed by atoms with E-state index in [2.05, 4.69) is 19.8 Å². The van der Waals surface area contributed by atoms with Gasteiger partial charge in [0.1, 0.15) is 5.82 Å². The Morgan fingerprint density at radius 2 is 2.04 bits per heavy atom. The molecule has 1 aromatic heterocycles. The number of ether oxygens (including phenoxy) is 1. The second kappa shape index (κ2) is 8.07. The minimum absolute atomic E-state index is 0.160. The average molecular weight is 349 g/mol. The van der Waals surface area contributed by atoms with E-state index in [0.717, 1.165) is 38.4 Å². The van der Waals surface area contributed by atoms with Gasteiger partial charge in [-0.15, -0.1) is 0 Å². The first-order valence-corrected chi connectivity index (χ1v) is 8.86. The maximum absolute atomic E-state index is 12.7. The standard InChI is InChI=1S/C17H27N5O3/c1-25-12-11-22-6-2-3-17(24,16(22)23)14-20-7-9-21(10-8-20)15-13-18-4-5-19-15/h4-5,13,24H,2-3,6-12,14H2,1H3/t17-/m1/s1. The molecule has 0 aliphatic carbocycles. The van der Waals surface area contributed by atoms with Crippen molar-refractivity contribution in [3.8, 4) is 0 Å². The highest BCUT2D eigenvalue weighted by molar-refractivity contribution is 5.86. The van der Waals surface area contributed by atoms with Gasteiger partial charge in [0.25, 0.3) is 5.91 Å². The summed E-state index contributed by atoms with van der Waals surface area (Å²) < 4.78 is 5.06. The predicted octanol–water partition coefficient (Wildman–Crippen LogP) is -0.401. The van der Waals surface area contributed by atoms with Crippen LogP contribution in [0.2, 0.25) is 0 Å². The molecule has 0 radical (unpaired) electrons. The van der Waals surface area contributed by atoms with Crippen LogP contribution in [0.5, 0.6) is 0 Å². The molecule has 25 heavy (non-hydrogen) atoms. The molecule has 1 amide bonds. The van der Waals surface area contributed by atoms with Crippen molar-refractivity contribution in [1.82, 2.24) is 19.8 Å². The van der Waals surface area contributed by atoms with E-state index in [9.17, 15) is 9.90 Å². The van der Waals surface area contributed by atoms with Crippen LogP contribution in [0, 0.1) is 0 Å². The van der Waals surface area contributed by atoms with Crippen molar-refractivity contribution < 1.29 is 14.6 Å². The van der Waals surface area contributed by atoms with Crippen molar-refractivity contribution >= 4 is 11.7 Å². The molecule has 2 aliphatic rings. The number of likely N-dealkylation sites (tertiary alicyclic amines) is 1. The quantitative estimate of drug-likeness (QED) is 0.748. The Morgan fingerprint density at radius 3 is 2.72 bits per heavy atom. The fraction of sp³-hybridized carbons (Fsp3) is 0.706. The van der Waals surface area contributed by atoms with E-state index in [1.54, 1.807) is 30.6 Å². The third-order valence-corrected chi connectivity index (χ3v) is 5.00. The van der Waals surface area contributed by atoms with Crippen LogP contribution in [-0.4, -0.2) is 95.9 Å². The summed E-state index contributed by atoms with van der Waals surface area (Å²) in [5.41, 5.74) is -1.28. The molecule has 0 spiro atoms. The van der Waals surface area contributed by atoms with Gasteiger partial charge in [-0.1, -0.05) is 0 Å². The monoisotopic (exact) mass is 349 g/mol. The molecule has 3 heterocycles. The molecule has 1 atom stereocenters. The molecular formula is C17H27N5O3. The largest absolute Gasteiger partial charge is 0.383 e. The molecule has 1 N–H and O–H groups in total. The molecule has 3 rings (SSSR count). The number of rotatable bonds is 6. The number of nitrogens with zero attached hydrogens (tertiary/aromatic N) is 5. The lowest BCUT2D eigenvalue weighted by molar-refractivity contribution is -0.160. The third kappa shape index (κ3) is 4.26. The molecule has 0 saturated carbocycles. The highest BCUT2D eigenvalue weighted by Crippen LogP contribution is 2.24. The van der Waals surface area contributed by atoms with E-state index in [0.29, 0.717) is 32.7 Å². The predicted molar refractivity (Wildman–Crippen MR) is 93.3 cm³/mol. The Hall–Kier alpha value is -1.77. The van der Waals surface area contributed by atoms with Crippen LogP contribution < -0.4 is 4.90 Å². The van der Waals surface area contributed by atoms with Gasteiger partial charge in [-0.25, -0.2) is 4.98 Å². The van der Waals surface area contributed by atoms with Crippen LogP contribution in [0.15, 0.2) is 18.6 Å². The number of hydrogen-bond donors (Lipinski definition) is 1. The van der Waals surface area contributed by atoms with Crippen molar-refractivity contribution in [1.29, 1.82) is 0 Å². The molecule has 0 unspecified atom stereocenters. The lowest BCUT2D eigenvalue weighted by atomic mass is 9.91. The van der Waals surface area contributed by atoms with Crippen LogP contribution in [0.25, 0.3) is 0 Å². The summed E-state index contributed by atoms with van der Waals surface area (Å²) in [6, 6.07) is 0. The Balaban J connectivity index is 1.54. The first-order valence-electron chi connectivity index (χ1n) is 8.86. The molecule has 0 aromatic carbocycles. The van der Waals surface area contributed by atoms with Crippen molar-refractivity contribution in [3.63, 3.8) is 0 Å². The van der Waals surface area contributed by atoms with E-state index in [1.165, 1.54) is 0 Å². The van der Waals surface area contributed by atoms with E-state index in [-0.39, 0.29) is 5.91 Å². The lowest BCUT2D eigenvalue weighted by Gasteiger charge is -2.43. The van der Waals surface area contributed by atoms with Gasteiger partial charge in [0, 0.05) is 65.3 Å². The summed E-state index contributed by atoms with van der Waals surface area (Å²) in [5.74, 6) is 0.715. The van der Waals surface area contributed by atoms with E-state index < -0.39 is 5.60 Å². The zero-order chi connectivity index (χ0) is 17.7. The number of hydrogen-bond acceptors (Lipinski definition) is 7. The number of aliphatic hydroxyl groups is 1. The molecule has 8 heteroatoms. The molecule has 8 nitrogen and oxygen atoms in total. The first-order chi connectivity index (χ1) is 12.1. The normalized spacial score (nSPS) is 25.4. The molecule has 2 fully saturated rings. The molecule has 1 aromatic rings. The minimum atomic E-state index is -1.28. The highest BCUT2D eigenvalue weighted by atomic mass is 16.5. The summed E-state index contributed by atoms with van der Waals surface area (Å²) >= 11 is 0. The van der Waals surface area contributed by atoms with Gasteiger partial charge >= 0.3 is 0 Å². The van der Waals surface area contributed by atoms with Crippen molar-refractivity contribution in [2.24, 2.45) is 0 Å². The van der Waals surface area contributed by atoms with E-state index >= 15 is 0 Å². The number of aromatic nitrogens is 2. The summed E-state index contributed by atoms with van der Waals surface area (Å²) in [7, 11) is 1.62. The molecule has 2 aliphatic heterocycles. The number of carbonyl (C=O) groups excluding carboxylic acids is 1. The fourth-order valence-electron chi connectivity index (χ4n) is 3.59. The van der Waals surface area contributed by atoms with Gasteiger partial charge in [-0.2, -0.15) is 0 Å². The van der Waals surface area contributed by atoms with Crippen LogP contribution in [0.3, 0.4) is 0 Å². The van der Waals surface area contributed by atoms with Gasteiger partial charge in [-0.05, 0) is 12.8 Å². The van der Waals surface area contributed by atoms with Gasteiger partial charge in [0.15, 0.2) is 5.60 Å². The maximum Gasteiger partial charge on any atom is 0.255 e. The van der Waals surface area contributed by atoms with Crippen LogP contribution >= 0.6 is 0 Å². The van der Waals surface area contributed by atoms with E-state index in [1.807, 2.05) is 0 Å². The second-order valence-electron chi connectivity index (χ2n) is 6.75. The summed E-state index contributed by atoms with van der Waals surface area (Å²) in [6.07, 6.45) is 6.48. The van der Waals surface area contributed by atoms with Gasteiger partial charge in [0.2, 0.25) is 0 Å². The number of carbonyl (C=O) groups is 1. The molecule has 0 bridgehead atoms. The van der Waals surface area contributed by atoms with Crippen LogP contribution in [0.1, 0.15) is 12.8 Å². The Morgan fingerprint density at radius 1 is 1.24 bits per heavy atom. The molecule has 138 valence electrons. The number of anilines is 1. The van der Waals surface area contributed by atoms with Gasteiger partial charge in [0.05, 0.1) is 12.8 Å². The lowest BCUT2D eigenvalue weighted by Crippen LogP contribution is -2.61. The minimum Gasteiger partial charge on any atom is -0.383 e. The van der Waals surface area contributed by atoms with Crippen LogP contribution in [0.4, 0.5) is 5.82 Å². The maximum atomic E-state index is 12.7. The molecular weight excluding hydrogens is 322 g/mol. The van der Waals surface area contributed by atoms with Crippen molar-refractivity contribution in [2.75, 3.05) is 64.4 Å². The topological polar surface area (TPSA) is 82.0 Å². The summed E-state index contributed by atoms with van der Waals surface area (Å²) in [5, 5.41) is 10.9. The summed E-state index contributed by atoms with van der Waals surface area (Å²) in [4.78, 5) is 27.2. The van der Waals surface area contributed by atoms with Crippen LogP contribution in [-0.2, 0) is 9.53 Å². The van der Waals surface area contributed by atoms with Gasteiger partial charge in [-0.3, -0.25) is 14.7 Å². The Kier molecular flexibility index (Phi) is 5.82. The van der Waals surface area contributed by atoms with Crippen molar-refractivity contribution in [3.05, 3.63) is 18.6 Å². The molecule has 2 saturated heterocycles. The first kappa shape index (κ1) is 18.0. The van der Waals surface area contributed by atoms with Crippen molar-refractivity contribution in [2.45, 2.75) is 18.4 Å². The Bertz CT molecular complexity index is 565. The van der Waals surface area contributed by atoms with Gasteiger partial charge < -0.3 is 19.6 Å². The third-order valence-electron chi connectivity index (χ3n) is 5.00. The number of methoxy groups -OCH3 is 1. The zero-order valence-electron chi connectivity index (χ0n) is 14.8.